The summed E-state index contributed by atoms with van der Waals surface area (Å²) in [4.78, 5) is 0.392. The Balaban J connectivity index is 2.44. The molecule has 0 saturated heterocycles. The van der Waals surface area contributed by atoms with Gasteiger partial charge < -0.3 is 5.73 Å². The van der Waals surface area contributed by atoms with Crippen LogP contribution in [-0.4, -0.2) is 14.2 Å². The topological polar surface area (TPSA) is 60.2 Å². The van der Waals surface area contributed by atoms with Crippen LogP contribution in [0, 0.1) is 6.92 Å². The van der Waals surface area contributed by atoms with Crippen molar-refractivity contribution >= 4 is 15.5 Å². The Kier molecular flexibility index (Phi) is 7.06. The van der Waals surface area contributed by atoms with E-state index in [9.17, 15) is 8.42 Å². The molecule has 1 aromatic carbocycles. The summed E-state index contributed by atoms with van der Waals surface area (Å²) in [6, 6.07) is 5.08. The Morgan fingerprint density at radius 2 is 1.60 bits per heavy atom. The summed E-state index contributed by atoms with van der Waals surface area (Å²) in [5.41, 5.74) is 6.97. The maximum Gasteiger partial charge on any atom is 0.178 e. The Morgan fingerprint density at radius 3 is 2.25 bits per heavy atom. The molecule has 0 unspecified atom stereocenters. The molecule has 0 amide bonds. The van der Waals surface area contributed by atoms with E-state index in [-0.39, 0.29) is 5.75 Å². The number of sulfone groups is 1. The number of unbranched alkanes of at least 4 members (excludes halogenated alkanes) is 6. The van der Waals surface area contributed by atoms with E-state index in [2.05, 4.69) is 6.92 Å². The molecule has 0 atom stereocenters. The van der Waals surface area contributed by atoms with Gasteiger partial charge in [0.15, 0.2) is 9.84 Å². The van der Waals surface area contributed by atoms with Gasteiger partial charge in [0.05, 0.1) is 10.6 Å². The number of hydrogen-bond donors (Lipinski definition) is 1. The Bertz CT molecular complexity index is 509. The Labute approximate surface area is 123 Å². The SMILES string of the molecule is CCCCCCCCCS(=O)(=O)c1cc(N)ccc1C. The molecule has 1 aromatic rings. The molecule has 0 aliphatic heterocycles. The van der Waals surface area contributed by atoms with Gasteiger partial charge >= 0.3 is 0 Å². The lowest BCUT2D eigenvalue weighted by molar-refractivity contribution is 0.578. The standard InChI is InChI=1S/C16H27NO2S/c1-3-4-5-6-7-8-9-12-20(18,19)16-13-15(17)11-10-14(16)2/h10-11,13H,3-9,12,17H2,1-2H3. The molecule has 0 aromatic heterocycles. The molecule has 4 heteroatoms. The molecule has 3 nitrogen and oxygen atoms in total. The first-order valence-corrected chi connectivity index (χ1v) is 9.21. The highest BCUT2D eigenvalue weighted by molar-refractivity contribution is 7.91. The zero-order valence-corrected chi connectivity index (χ0v) is 13.5. The maximum atomic E-state index is 12.3. The van der Waals surface area contributed by atoms with E-state index in [1.807, 2.05) is 6.92 Å². The van der Waals surface area contributed by atoms with Crippen LogP contribution in [0.2, 0.25) is 0 Å². The summed E-state index contributed by atoms with van der Waals surface area (Å²) >= 11 is 0. The molecule has 0 bridgehead atoms. The highest BCUT2D eigenvalue weighted by atomic mass is 32.2. The third-order valence-corrected chi connectivity index (χ3v) is 5.50. The number of aryl methyl sites for hydroxylation is 1. The molecule has 0 aliphatic rings. The fourth-order valence-electron chi connectivity index (χ4n) is 2.31. The zero-order valence-electron chi connectivity index (χ0n) is 12.7. The van der Waals surface area contributed by atoms with Crippen LogP contribution in [-0.2, 0) is 9.84 Å². The van der Waals surface area contributed by atoms with E-state index in [0.29, 0.717) is 10.6 Å². The van der Waals surface area contributed by atoms with Crippen molar-refractivity contribution in [3.05, 3.63) is 23.8 Å². The molecule has 0 fully saturated rings. The van der Waals surface area contributed by atoms with Crippen LogP contribution in [0.25, 0.3) is 0 Å². The van der Waals surface area contributed by atoms with Gasteiger partial charge in [-0.15, -0.1) is 0 Å². The molecule has 1 rings (SSSR count). The van der Waals surface area contributed by atoms with Crippen molar-refractivity contribution in [3.63, 3.8) is 0 Å². The van der Waals surface area contributed by atoms with Gasteiger partial charge in [-0.25, -0.2) is 8.42 Å². The third kappa shape index (κ3) is 5.53. The van der Waals surface area contributed by atoms with Crippen LogP contribution in [0.5, 0.6) is 0 Å². The summed E-state index contributed by atoms with van der Waals surface area (Å²) in [5.74, 6) is 0.227. The second-order valence-electron chi connectivity index (χ2n) is 5.47. The molecular weight excluding hydrogens is 270 g/mol. The van der Waals surface area contributed by atoms with E-state index in [1.165, 1.54) is 25.7 Å². The lowest BCUT2D eigenvalue weighted by Crippen LogP contribution is -2.09. The van der Waals surface area contributed by atoms with E-state index in [4.69, 9.17) is 5.73 Å². The van der Waals surface area contributed by atoms with Crippen LogP contribution < -0.4 is 5.73 Å². The Hall–Kier alpha value is -1.03. The average Bonchev–Trinajstić information content (AvgIpc) is 2.40. The normalized spacial score (nSPS) is 11.7. The summed E-state index contributed by atoms with van der Waals surface area (Å²) in [6.07, 6.45) is 7.85. The molecule has 0 aliphatic carbocycles. The summed E-state index contributed by atoms with van der Waals surface area (Å²) in [5, 5.41) is 0. The number of nitrogen functional groups attached to an aromatic ring is 1. The van der Waals surface area contributed by atoms with E-state index < -0.39 is 9.84 Å². The Morgan fingerprint density at radius 1 is 1.00 bits per heavy atom. The molecule has 0 spiro atoms. The minimum absolute atomic E-state index is 0.227. The van der Waals surface area contributed by atoms with Crippen LogP contribution in [0.3, 0.4) is 0 Å². The highest BCUT2D eigenvalue weighted by Gasteiger charge is 2.16. The molecular formula is C16H27NO2S. The molecule has 0 saturated carbocycles. The van der Waals surface area contributed by atoms with Gasteiger partial charge in [0.25, 0.3) is 0 Å². The van der Waals surface area contributed by atoms with Crippen molar-refractivity contribution in [2.75, 3.05) is 11.5 Å². The molecule has 2 N–H and O–H groups in total. The summed E-state index contributed by atoms with van der Waals surface area (Å²) in [7, 11) is -3.19. The van der Waals surface area contributed by atoms with Gasteiger partial charge in [0.2, 0.25) is 0 Å². The van der Waals surface area contributed by atoms with Crippen molar-refractivity contribution < 1.29 is 8.42 Å². The van der Waals surface area contributed by atoms with Crippen molar-refractivity contribution in [1.29, 1.82) is 0 Å². The van der Waals surface area contributed by atoms with E-state index >= 15 is 0 Å². The number of hydrogen-bond acceptors (Lipinski definition) is 3. The van der Waals surface area contributed by atoms with Gasteiger partial charge in [0, 0.05) is 5.69 Å². The lowest BCUT2D eigenvalue weighted by Gasteiger charge is -2.08. The fraction of sp³-hybridized carbons (Fsp3) is 0.625. The van der Waals surface area contributed by atoms with Crippen LogP contribution in [0.1, 0.15) is 57.4 Å². The first-order chi connectivity index (χ1) is 9.47. The van der Waals surface area contributed by atoms with E-state index in [1.54, 1.807) is 18.2 Å². The largest absolute Gasteiger partial charge is 0.399 e. The van der Waals surface area contributed by atoms with Gasteiger partial charge in [-0.05, 0) is 31.0 Å². The van der Waals surface area contributed by atoms with Crippen molar-refractivity contribution in [2.45, 2.75) is 63.7 Å². The number of rotatable bonds is 9. The van der Waals surface area contributed by atoms with Crippen molar-refractivity contribution in [3.8, 4) is 0 Å². The molecule has 114 valence electrons. The van der Waals surface area contributed by atoms with Crippen molar-refractivity contribution in [1.82, 2.24) is 0 Å². The fourth-order valence-corrected chi connectivity index (χ4v) is 3.99. The molecule has 0 heterocycles. The molecule has 0 radical (unpaired) electrons. The number of benzene rings is 1. The van der Waals surface area contributed by atoms with E-state index in [0.717, 1.165) is 24.8 Å². The second-order valence-corrected chi connectivity index (χ2v) is 7.54. The summed E-state index contributed by atoms with van der Waals surface area (Å²) in [6.45, 7) is 4.01. The van der Waals surface area contributed by atoms with Gasteiger partial charge in [-0.3, -0.25) is 0 Å². The average molecular weight is 297 g/mol. The first-order valence-electron chi connectivity index (χ1n) is 7.56. The lowest BCUT2D eigenvalue weighted by atomic mass is 10.1. The smallest absolute Gasteiger partial charge is 0.178 e. The predicted octanol–water partition coefficient (Wildman–Crippen LogP) is 4.10. The minimum atomic E-state index is -3.19. The van der Waals surface area contributed by atoms with Crippen LogP contribution >= 0.6 is 0 Å². The third-order valence-electron chi connectivity index (χ3n) is 3.56. The first kappa shape index (κ1) is 17.0. The summed E-state index contributed by atoms with van der Waals surface area (Å²) < 4.78 is 24.6. The second kappa shape index (κ2) is 8.30. The number of nitrogens with two attached hydrogens (primary N) is 1. The highest BCUT2D eigenvalue weighted by Crippen LogP contribution is 2.21. The van der Waals surface area contributed by atoms with Crippen molar-refractivity contribution in [2.24, 2.45) is 0 Å². The van der Waals surface area contributed by atoms with Crippen LogP contribution in [0.4, 0.5) is 5.69 Å². The zero-order chi connectivity index (χ0) is 15.0. The van der Waals surface area contributed by atoms with Gasteiger partial charge in [-0.1, -0.05) is 51.5 Å². The number of anilines is 1. The maximum absolute atomic E-state index is 12.3. The predicted molar refractivity (Wildman–Crippen MR) is 85.6 cm³/mol. The quantitative estimate of drug-likeness (QED) is 0.551. The minimum Gasteiger partial charge on any atom is -0.399 e. The van der Waals surface area contributed by atoms with Crippen LogP contribution in [0.15, 0.2) is 23.1 Å². The molecule has 20 heavy (non-hydrogen) atoms. The van der Waals surface area contributed by atoms with Gasteiger partial charge in [-0.2, -0.15) is 0 Å². The monoisotopic (exact) mass is 297 g/mol. The van der Waals surface area contributed by atoms with Gasteiger partial charge in [0.1, 0.15) is 0 Å².